The summed E-state index contributed by atoms with van der Waals surface area (Å²) in [4.78, 5) is 18.6. The molecule has 0 aliphatic carbocycles. The Morgan fingerprint density at radius 3 is 3.16 bits per heavy atom. The molecule has 8 heteroatoms. The number of urea groups is 1. The molecule has 1 aromatic carbocycles. The van der Waals surface area contributed by atoms with Crippen LogP contribution in [0.15, 0.2) is 30.6 Å². The minimum Gasteiger partial charge on any atom is -0.508 e. The van der Waals surface area contributed by atoms with Gasteiger partial charge in [-0.15, -0.1) is 0 Å². The number of ether oxygens (including phenoxy) is 1. The molecule has 132 valence electrons. The highest BCUT2D eigenvalue weighted by Crippen LogP contribution is 2.25. The number of nitrogens with one attached hydrogen (secondary N) is 1. The van der Waals surface area contributed by atoms with E-state index in [1.165, 1.54) is 0 Å². The van der Waals surface area contributed by atoms with Crippen molar-refractivity contribution in [2.75, 3.05) is 19.7 Å². The van der Waals surface area contributed by atoms with Gasteiger partial charge in [-0.1, -0.05) is 12.1 Å². The monoisotopic (exact) mass is 343 g/mol. The van der Waals surface area contributed by atoms with Gasteiger partial charge in [0.1, 0.15) is 24.0 Å². The van der Waals surface area contributed by atoms with Crippen molar-refractivity contribution in [1.82, 2.24) is 25.0 Å². The van der Waals surface area contributed by atoms with Gasteiger partial charge in [0, 0.05) is 13.0 Å². The molecule has 2 aliphatic heterocycles. The Bertz CT molecular complexity index is 762. The number of phenolic OH excluding ortho intramolecular Hbond substituents is 1. The number of amides is 2. The van der Waals surface area contributed by atoms with Crippen LogP contribution in [-0.2, 0) is 17.7 Å². The number of nitrogens with zero attached hydrogens (tertiary/aromatic N) is 4. The zero-order valence-electron chi connectivity index (χ0n) is 13.8. The van der Waals surface area contributed by atoms with Crippen LogP contribution in [0.1, 0.15) is 23.9 Å². The lowest BCUT2D eigenvalue weighted by molar-refractivity contribution is -0.0160. The molecular formula is C17H21N5O3. The van der Waals surface area contributed by atoms with Crippen LogP contribution in [0.5, 0.6) is 5.75 Å². The lowest BCUT2D eigenvalue weighted by atomic mass is 10.1. The molecule has 0 radical (unpaired) electrons. The van der Waals surface area contributed by atoms with E-state index in [9.17, 15) is 9.90 Å². The highest BCUT2D eigenvalue weighted by molar-refractivity contribution is 5.74. The third-order valence-electron chi connectivity index (χ3n) is 4.73. The predicted molar refractivity (Wildman–Crippen MR) is 89.0 cm³/mol. The first-order valence-corrected chi connectivity index (χ1v) is 8.52. The van der Waals surface area contributed by atoms with Crippen molar-refractivity contribution in [1.29, 1.82) is 0 Å². The van der Waals surface area contributed by atoms with Gasteiger partial charge in [0.25, 0.3) is 0 Å². The first-order valence-electron chi connectivity index (χ1n) is 8.52. The Morgan fingerprint density at radius 2 is 2.28 bits per heavy atom. The molecule has 3 heterocycles. The predicted octanol–water partition coefficient (Wildman–Crippen LogP) is 1.08. The Kier molecular flexibility index (Phi) is 4.27. The molecule has 2 atom stereocenters. The Morgan fingerprint density at radius 1 is 1.36 bits per heavy atom. The average Bonchev–Trinajstić information content (AvgIpc) is 3.09. The van der Waals surface area contributed by atoms with Crippen LogP contribution in [-0.4, -0.2) is 56.5 Å². The number of carbonyl (C=O) groups is 1. The van der Waals surface area contributed by atoms with Crippen LogP contribution in [0.25, 0.3) is 0 Å². The Balaban J connectivity index is 1.37. The van der Waals surface area contributed by atoms with Crippen molar-refractivity contribution in [2.24, 2.45) is 0 Å². The molecule has 2 unspecified atom stereocenters. The second-order valence-electron chi connectivity index (χ2n) is 6.44. The summed E-state index contributed by atoms with van der Waals surface area (Å²) in [5, 5.41) is 16.9. The lowest BCUT2D eigenvalue weighted by Crippen LogP contribution is -2.51. The van der Waals surface area contributed by atoms with Crippen molar-refractivity contribution in [3.8, 4) is 5.75 Å². The number of fused-ring (bicyclic) bond motifs is 1. The highest BCUT2D eigenvalue weighted by atomic mass is 16.5. The average molecular weight is 343 g/mol. The van der Waals surface area contributed by atoms with Crippen molar-refractivity contribution >= 4 is 6.03 Å². The van der Waals surface area contributed by atoms with E-state index >= 15 is 0 Å². The topological polar surface area (TPSA) is 92.5 Å². The Labute approximate surface area is 145 Å². The first kappa shape index (κ1) is 15.9. The lowest BCUT2D eigenvalue weighted by Gasteiger charge is -2.34. The van der Waals surface area contributed by atoms with Crippen LogP contribution < -0.4 is 5.32 Å². The van der Waals surface area contributed by atoms with E-state index in [4.69, 9.17) is 4.74 Å². The van der Waals surface area contributed by atoms with E-state index in [0.29, 0.717) is 26.2 Å². The van der Waals surface area contributed by atoms with Gasteiger partial charge in [-0.25, -0.2) is 14.5 Å². The molecule has 1 fully saturated rings. The number of aromatic hydroxyl groups is 1. The fourth-order valence-corrected chi connectivity index (χ4v) is 3.38. The molecule has 2 amide bonds. The molecular weight excluding hydrogens is 322 g/mol. The Hall–Kier alpha value is -2.61. The molecule has 2 aromatic rings. The van der Waals surface area contributed by atoms with E-state index < -0.39 is 0 Å². The third kappa shape index (κ3) is 3.43. The second-order valence-corrected chi connectivity index (χ2v) is 6.44. The summed E-state index contributed by atoms with van der Waals surface area (Å²) >= 11 is 0. The molecule has 2 N–H and O–H groups in total. The van der Waals surface area contributed by atoms with E-state index in [1.54, 1.807) is 29.4 Å². The van der Waals surface area contributed by atoms with Crippen molar-refractivity contribution in [2.45, 2.75) is 31.5 Å². The molecule has 0 spiro atoms. The zero-order valence-corrected chi connectivity index (χ0v) is 13.8. The summed E-state index contributed by atoms with van der Waals surface area (Å²) in [7, 11) is 0. The molecule has 4 rings (SSSR count). The summed E-state index contributed by atoms with van der Waals surface area (Å²) < 4.78 is 7.62. The van der Waals surface area contributed by atoms with Gasteiger partial charge in [0.15, 0.2) is 0 Å². The molecule has 1 aromatic heterocycles. The number of benzene rings is 1. The number of carbonyl (C=O) groups excluding carboxylic acids is 1. The van der Waals surface area contributed by atoms with E-state index in [0.717, 1.165) is 24.2 Å². The van der Waals surface area contributed by atoms with Gasteiger partial charge in [0.2, 0.25) is 0 Å². The van der Waals surface area contributed by atoms with Crippen molar-refractivity contribution in [3.63, 3.8) is 0 Å². The van der Waals surface area contributed by atoms with E-state index in [1.807, 2.05) is 10.7 Å². The number of aryl methyl sites for hydroxylation is 1. The number of morpholine rings is 1. The maximum Gasteiger partial charge on any atom is 0.317 e. The van der Waals surface area contributed by atoms with Crippen LogP contribution >= 0.6 is 0 Å². The van der Waals surface area contributed by atoms with Crippen molar-refractivity contribution < 1.29 is 14.6 Å². The van der Waals surface area contributed by atoms with Gasteiger partial charge in [0.05, 0.1) is 25.7 Å². The maximum absolute atomic E-state index is 12.6. The highest BCUT2D eigenvalue weighted by Gasteiger charge is 2.28. The van der Waals surface area contributed by atoms with Crippen LogP contribution in [0.4, 0.5) is 4.79 Å². The molecule has 0 bridgehead atoms. The quantitative estimate of drug-likeness (QED) is 0.851. The second kappa shape index (κ2) is 6.72. The number of rotatable bonds is 2. The smallest absolute Gasteiger partial charge is 0.317 e. The van der Waals surface area contributed by atoms with Gasteiger partial charge in [-0.05, 0) is 24.1 Å². The third-order valence-corrected chi connectivity index (χ3v) is 4.73. The summed E-state index contributed by atoms with van der Waals surface area (Å²) in [6.45, 7) is 2.16. The normalized spacial score (nSPS) is 23.1. The SMILES string of the molecule is O=C(NC1CCc2ncnn2C1)N1CCOC(c2cccc(O)c2)C1. The molecule has 8 nitrogen and oxygen atoms in total. The molecule has 0 saturated carbocycles. The van der Waals surface area contributed by atoms with Gasteiger partial charge in [-0.3, -0.25) is 0 Å². The number of hydrogen-bond donors (Lipinski definition) is 2. The fourth-order valence-electron chi connectivity index (χ4n) is 3.38. The number of aromatic nitrogens is 3. The number of phenols is 1. The summed E-state index contributed by atoms with van der Waals surface area (Å²) in [6, 6.07) is 6.97. The van der Waals surface area contributed by atoms with E-state index in [-0.39, 0.29) is 23.9 Å². The summed E-state index contributed by atoms with van der Waals surface area (Å²) in [5.74, 6) is 1.18. The molecule has 1 saturated heterocycles. The maximum atomic E-state index is 12.6. The van der Waals surface area contributed by atoms with Crippen LogP contribution in [0, 0.1) is 0 Å². The minimum atomic E-state index is -0.222. The summed E-state index contributed by atoms with van der Waals surface area (Å²) in [6.07, 6.45) is 3.02. The van der Waals surface area contributed by atoms with Crippen LogP contribution in [0.2, 0.25) is 0 Å². The minimum absolute atomic E-state index is 0.0590. The zero-order chi connectivity index (χ0) is 17.2. The number of hydrogen-bond acceptors (Lipinski definition) is 5. The van der Waals surface area contributed by atoms with Gasteiger partial charge < -0.3 is 20.1 Å². The van der Waals surface area contributed by atoms with E-state index in [2.05, 4.69) is 15.4 Å². The standard InChI is InChI=1S/C17H21N5O3/c23-14-3-1-2-12(8-14)15-10-21(6-7-25-15)17(24)20-13-4-5-16-18-11-19-22(16)9-13/h1-3,8,11,13,15,23H,4-7,9-10H2,(H,20,24). The summed E-state index contributed by atoms with van der Waals surface area (Å²) in [5.41, 5.74) is 0.877. The fraction of sp³-hybridized carbons (Fsp3) is 0.471. The van der Waals surface area contributed by atoms with Crippen molar-refractivity contribution in [3.05, 3.63) is 42.0 Å². The molecule has 2 aliphatic rings. The van der Waals surface area contributed by atoms with Gasteiger partial charge in [-0.2, -0.15) is 5.10 Å². The van der Waals surface area contributed by atoms with Gasteiger partial charge >= 0.3 is 6.03 Å². The first-order chi connectivity index (χ1) is 12.2. The van der Waals surface area contributed by atoms with Crippen LogP contribution in [0.3, 0.4) is 0 Å². The largest absolute Gasteiger partial charge is 0.508 e. The molecule has 25 heavy (non-hydrogen) atoms.